The fourth-order valence-electron chi connectivity index (χ4n) is 8.74. The van der Waals surface area contributed by atoms with Crippen LogP contribution in [0.5, 0.6) is 11.8 Å². The number of halogens is 3. The summed E-state index contributed by atoms with van der Waals surface area (Å²) in [7, 11) is 0. The maximum Gasteiger partial charge on any atom is 0.422 e. The van der Waals surface area contributed by atoms with E-state index < -0.39 is 12.8 Å². The van der Waals surface area contributed by atoms with Crippen molar-refractivity contribution in [3.05, 3.63) is 48.2 Å². The van der Waals surface area contributed by atoms with Gasteiger partial charge in [0.1, 0.15) is 17.4 Å². The van der Waals surface area contributed by atoms with E-state index in [4.69, 9.17) is 24.2 Å². The number of carbonyl (C=O) groups is 1. The van der Waals surface area contributed by atoms with Crippen molar-refractivity contribution < 1.29 is 32.2 Å². The van der Waals surface area contributed by atoms with Crippen LogP contribution >= 0.6 is 0 Å². The molecule has 9 rings (SSSR count). The zero-order chi connectivity index (χ0) is 36.5. The number of anilines is 1. The Morgan fingerprint density at radius 2 is 1.81 bits per heavy atom. The molecule has 1 saturated carbocycles. The molecule has 4 saturated heterocycles. The van der Waals surface area contributed by atoms with E-state index in [0.29, 0.717) is 54.5 Å². The Kier molecular flexibility index (Phi) is 8.52. The quantitative estimate of drug-likeness (QED) is 0.203. The van der Waals surface area contributed by atoms with Gasteiger partial charge in [-0.2, -0.15) is 28.2 Å². The van der Waals surface area contributed by atoms with E-state index in [-0.39, 0.29) is 35.1 Å². The standard InChI is InChI=1S/C39H44F3N7O4/c1-3-31(50)49-20-38(21-49)10-14-48(15-11-38)36-28-16-27(24-5-6-24)33(32-23(2)4-7-30-29(32)17-43-46-30)35(52-22-39(40,41)42)34(28)44-37(45-36)53-26-8-12-47(13-9-26)25-18-51-19-25/h3-4,7,16-17,24-26H,1,5-6,8-15,18-22H2,2H3,(H,43,46). The molecule has 5 aliphatic rings. The highest BCUT2D eigenvalue weighted by molar-refractivity contribution is 6.06. The van der Waals surface area contributed by atoms with Crippen LogP contribution in [0.25, 0.3) is 32.9 Å². The number of piperidine rings is 2. The van der Waals surface area contributed by atoms with E-state index >= 15 is 0 Å². The maximum atomic E-state index is 14.1. The molecule has 5 fully saturated rings. The van der Waals surface area contributed by atoms with Gasteiger partial charge in [-0.25, -0.2) is 0 Å². The minimum absolute atomic E-state index is 0.0326. The van der Waals surface area contributed by atoms with Crippen LogP contribution in [0.2, 0.25) is 0 Å². The number of fused-ring (bicyclic) bond motifs is 2. The first kappa shape index (κ1) is 34.3. The van der Waals surface area contributed by atoms with E-state index in [1.54, 1.807) is 6.20 Å². The number of alkyl halides is 3. The first-order chi connectivity index (χ1) is 25.6. The van der Waals surface area contributed by atoms with Crippen LogP contribution in [0.3, 0.4) is 0 Å². The van der Waals surface area contributed by atoms with E-state index in [1.165, 1.54) is 6.08 Å². The second-order valence-electron chi connectivity index (χ2n) is 15.6. The lowest BCUT2D eigenvalue weighted by molar-refractivity contribution is -0.153. The molecule has 0 atom stereocenters. The van der Waals surface area contributed by atoms with Crippen LogP contribution in [-0.4, -0.2) is 113 Å². The summed E-state index contributed by atoms with van der Waals surface area (Å²) in [4.78, 5) is 28.7. The summed E-state index contributed by atoms with van der Waals surface area (Å²) >= 11 is 0. The van der Waals surface area contributed by atoms with Crippen molar-refractivity contribution in [2.75, 3.05) is 64.0 Å². The highest BCUT2D eigenvalue weighted by Crippen LogP contribution is 2.53. The van der Waals surface area contributed by atoms with Gasteiger partial charge in [0.25, 0.3) is 0 Å². The Morgan fingerprint density at radius 1 is 1.06 bits per heavy atom. The number of aromatic nitrogens is 4. The molecule has 53 heavy (non-hydrogen) atoms. The first-order valence-corrected chi connectivity index (χ1v) is 18.7. The van der Waals surface area contributed by atoms with Gasteiger partial charge in [-0.1, -0.05) is 12.6 Å². The predicted octanol–water partition coefficient (Wildman–Crippen LogP) is 6.16. The molecule has 0 unspecified atom stereocenters. The molecule has 11 nitrogen and oxygen atoms in total. The molecule has 1 aliphatic carbocycles. The third-order valence-corrected chi connectivity index (χ3v) is 12.0. The Hall–Kier alpha value is -4.43. The third-order valence-electron chi connectivity index (χ3n) is 12.0. The number of H-pyrrole nitrogens is 1. The molecule has 2 aromatic heterocycles. The molecule has 4 aromatic rings. The lowest BCUT2D eigenvalue weighted by Crippen LogP contribution is -2.61. The number of ether oxygens (including phenoxy) is 3. The SMILES string of the molecule is C=CC(=O)N1CC2(CCN(c3nc(OC4CCN(C5COC5)CC4)nc4c(OCC(F)(F)F)c(-c5c(C)ccc6[nH]ncc56)c(C5CC5)cc34)CC2)C1. The smallest absolute Gasteiger partial charge is 0.422 e. The van der Waals surface area contributed by atoms with Crippen molar-refractivity contribution >= 4 is 33.5 Å². The summed E-state index contributed by atoms with van der Waals surface area (Å²) in [5.74, 6) is 0.848. The van der Waals surface area contributed by atoms with Gasteiger partial charge >= 0.3 is 12.2 Å². The molecular weight excluding hydrogens is 687 g/mol. The zero-order valence-electron chi connectivity index (χ0n) is 29.9. The van der Waals surface area contributed by atoms with E-state index in [1.807, 2.05) is 24.0 Å². The minimum Gasteiger partial charge on any atom is -0.481 e. The molecular formula is C39H44F3N7O4. The van der Waals surface area contributed by atoms with Crippen molar-refractivity contribution in [1.29, 1.82) is 0 Å². The van der Waals surface area contributed by atoms with Gasteiger partial charge in [0, 0.05) is 61.0 Å². The zero-order valence-corrected chi connectivity index (χ0v) is 29.9. The summed E-state index contributed by atoms with van der Waals surface area (Å²) in [5, 5.41) is 8.78. The van der Waals surface area contributed by atoms with Gasteiger partial charge < -0.3 is 24.0 Å². The first-order valence-electron chi connectivity index (χ1n) is 18.7. The van der Waals surface area contributed by atoms with Crippen molar-refractivity contribution in [1.82, 2.24) is 30.0 Å². The number of nitrogens with one attached hydrogen (secondary N) is 1. The van der Waals surface area contributed by atoms with Gasteiger partial charge in [-0.3, -0.25) is 14.8 Å². The largest absolute Gasteiger partial charge is 0.481 e. The molecule has 280 valence electrons. The normalized spacial score (nSPS) is 21.2. The molecule has 1 amide bonds. The lowest BCUT2D eigenvalue weighted by atomic mass is 9.72. The molecule has 4 aliphatic heterocycles. The molecule has 1 N–H and O–H groups in total. The Morgan fingerprint density at radius 3 is 2.47 bits per heavy atom. The summed E-state index contributed by atoms with van der Waals surface area (Å²) in [6.07, 6.45) is 3.49. The maximum absolute atomic E-state index is 14.1. The van der Waals surface area contributed by atoms with Gasteiger partial charge in [0.05, 0.1) is 31.0 Å². The van der Waals surface area contributed by atoms with Crippen LogP contribution in [0, 0.1) is 12.3 Å². The molecule has 0 bridgehead atoms. The fourth-order valence-corrected chi connectivity index (χ4v) is 8.74. The number of benzene rings is 2. The van der Waals surface area contributed by atoms with Crippen LogP contribution in [0.1, 0.15) is 55.6 Å². The lowest BCUT2D eigenvalue weighted by Gasteiger charge is -2.54. The van der Waals surface area contributed by atoms with Gasteiger partial charge in [0.2, 0.25) is 5.91 Å². The third kappa shape index (κ3) is 6.47. The predicted molar refractivity (Wildman–Crippen MR) is 193 cm³/mol. The topological polar surface area (TPSA) is 109 Å². The van der Waals surface area contributed by atoms with Crippen molar-refractivity contribution in [3.8, 4) is 22.9 Å². The van der Waals surface area contributed by atoms with Crippen LogP contribution in [0.4, 0.5) is 19.0 Å². The van der Waals surface area contributed by atoms with Crippen LogP contribution in [0.15, 0.2) is 37.1 Å². The number of nitrogens with zero attached hydrogens (tertiary/aromatic N) is 6. The summed E-state index contributed by atoms with van der Waals surface area (Å²) < 4.78 is 60.1. The van der Waals surface area contributed by atoms with Crippen LogP contribution < -0.4 is 14.4 Å². The highest BCUT2D eigenvalue weighted by Gasteiger charge is 2.47. The summed E-state index contributed by atoms with van der Waals surface area (Å²) in [6.45, 7) is 10.1. The average Bonchev–Trinajstić information content (AvgIpc) is 3.85. The number of hydrogen-bond acceptors (Lipinski definition) is 9. The fraction of sp³-hybridized carbons (Fsp3) is 0.538. The van der Waals surface area contributed by atoms with Crippen molar-refractivity contribution in [2.24, 2.45) is 5.41 Å². The second-order valence-corrected chi connectivity index (χ2v) is 15.6. The van der Waals surface area contributed by atoms with Gasteiger partial charge in [0.15, 0.2) is 12.4 Å². The summed E-state index contributed by atoms with van der Waals surface area (Å²) in [6, 6.07) is 6.57. The molecule has 2 aromatic carbocycles. The second kappa shape index (κ2) is 13.2. The number of aromatic amines is 1. The number of aryl methyl sites for hydroxylation is 1. The van der Waals surface area contributed by atoms with Crippen LogP contribution in [-0.2, 0) is 9.53 Å². The number of carbonyl (C=O) groups excluding carboxylic acids is 1. The Balaban J connectivity index is 1.16. The highest BCUT2D eigenvalue weighted by atomic mass is 19.4. The summed E-state index contributed by atoms with van der Waals surface area (Å²) in [5.41, 5.74) is 4.37. The number of hydrogen-bond donors (Lipinski definition) is 1. The van der Waals surface area contributed by atoms with E-state index in [2.05, 4.69) is 32.6 Å². The number of rotatable bonds is 9. The minimum atomic E-state index is -4.57. The molecule has 6 heterocycles. The van der Waals surface area contributed by atoms with Crippen molar-refractivity contribution in [3.63, 3.8) is 0 Å². The average molecular weight is 732 g/mol. The van der Waals surface area contributed by atoms with E-state index in [9.17, 15) is 18.0 Å². The number of likely N-dealkylation sites (tertiary alicyclic amines) is 2. The Bertz CT molecular complexity index is 2050. The molecule has 0 radical (unpaired) electrons. The molecule has 14 heteroatoms. The number of amides is 1. The van der Waals surface area contributed by atoms with Crippen molar-refractivity contribution in [2.45, 2.75) is 69.7 Å². The Labute approximate surface area is 305 Å². The monoisotopic (exact) mass is 731 g/mol. The van der Waals surface area contributed by atoms with Gasteiger partial charge in [-0.15, -0.1) is 0 Å². The van der Waals surface area contributed by atoms with Gasteiger partial charge in [-0.05, 0) is 86.3 Å². The van der Waals surface area contributed by atoms with E-state index in [0.717, 1.165) is 92.4 Å². The molecule has 1 spiro atoms.